The molecule has 1 amide bonds. The van der Waals surface area contributed by atoms with Gasteiger partial charge in [0.1, 0.15) is 17.2 Å². The van der Waals surface area contributed by atoms with Crippen LogP contribution in [0.25, 0.3) is 22.4 Å². The summed E-state index contributed by atoms with van der Waals surface area (Å²) < 4.78 is 49.0. The van der Waals surface area contributed by atoms with Gasteiger partial charge in [0, 0.05) is 34.3 Å². The van der Waals surface area contributed by atoms with Crippen LogP contribution in [-0.4, -0.2) is 71.8 Å². The molecule has 252 valence electrons. The van der Waals surface area contributed by atoms with Gasteiger partial charge >= 0.3 is 12.5 Å². The molecule has 1 aromatic heterocycles. The quantitative estimate of drug-likeness (QED) is 0.179. The van der Waals surface area contributed by atoms with Gasteiger partial charge in [-0.25, -0.2) is 9.78 Å². The maximum atomic E-state index is 13.2. The van der Waals surface area contributed by atoms with Crippen LogP contribution in [0.5, 0.6) is 11.5 Å². The largest absolute Gasteiger partial charge is 0.573 e. The monoisotopic (exact) mass is 707 g/mol. The number of ether oxygens (including phenoxy) is 2. The van der Waals surface area contributed by atoms with Crippen LogP contribution < -0.4 is 14.8 Å². The molecule has 4 rings (SSSR count). The molecular formula is C31H35Cl3F3N3O6. The number of alkyl halides is 3. The predicted octanol–water partition coefficient (Wildman–Crippen LogP) is 8.66. The van der Waals surface area contributed by atoms with Crippen molar-refractivity contribution < 1.29 is 42.4 Å². The van der Waals surface area contributed by atoms with Crippen LogP contribution in [0.3, 0.4) is 0 Å². The van der Waals surface area contributed by atoms with E-state index in [1.807, 2.05) is 19.0 Å². The molecule has 0 aliphatic heterocycles. The topological polar surface area (TPSA) is 121 Å². The average molecular weight is 709 g/mol. The SMILES string of the molecule is CN(C)CCCOc1cc(-c2nc(C(=O)NC3CCCCC3)ccc2-c2cc(OC(F)(F)F)ccc2Cl)ccc1Cl.Cl.O=C(O)O. The third-order valence-corrected chi connectivity index (χ3v) is 7.38. The van der Waals surface area contributed by atoms with E-state index in [9.17, 15) is 18.0 Å². The molecule has 1 heterocycles. The molecule has 1 fully saturated rings. The number of nitrogens with zero attached hydrogens (tertiary/aromatic N) is 2. The van der Waals surface area contributed by atoms with Crippen molar-refractivity contribution >= 4 is 47.7 Å². The highest BCUT2D eigenvalue weighted by Crippen LogP contribution is 2.40. The lowest BCUT2D eigenvalue weighted by Crippen LogP contribution is -2.36. The Labute approximate surface area is 281 Å². The first-order chi connectivity index (χ1) is 21.2. The minimum Gasteiger partial charge on any atom is -0.492 e. The third-order valence-electron chi connectivity index (χ3n) is 6.74. The van der Waals surface area contributed by atoms with Crippen molar-refractivity contribution in [1.29, 1.82) is 0 Å². The van der Waals surface area contributed by atoms with Gasteiger partial charge in [0.05, 0.1) is 17.3 Å². The Bertz CT molecular complexity index is 1470. The molecule has 15 heteroatoms. The number of pyridine rings is 1. The number of hydrogen-bond acceptors (Lipinski definition) is 6. The van der Waals surface area contributed by atoms with Crippen molar-refractivity contribution in [2.75, 3.05) is 27.2 Å². The number of halogens is 6. The average Bonchev–Trinajstić information content (AvgIpc) is 2.96. The molecule has 0 spiro atoms. The second kappa shape index (κ2) is 18.0. The lowest BCUT2D eigenvalue weighted by atomic mass is 9.95. The Morgan fingerprint density at radius 1 is 0.978 bits per heavy atom. The van der Waals surface area contributed by atoms with Crippen molar-refractivity contribution in [3.63, 3.8) is 0 Å². The van der Waals surface area contributed by atoms with Crippen LogP contribution in [0.15, 0.2) is 48.5 Å². The van der Waals surface area contributed by atoms with Gasteiger partial charge in [-0.15, -0.1) is 25.6 Å². The van der Waals surface area contributed by atoms with E-state index in [-0.39, 0.29) is 40.6 Å². The van der Waals surface area contributed by atoms with Gasteiger partial charge in [0.2, 0.25) is 0 Å². The number of nitrogens with one attached hydrogen (secondary N) is 1. The minimum atomic E-state index is -4.87. The fourth-order valence-corrected chi connectivity index (χ4v) is 5.15. The number of hydrogen-bond donors (Lipinski definition) is 3. The molecule has 0 radical (unpaired) electrons. The van der Waals surface area contributed by atoms with Crippen molar-refractivity contribution in [2.24, 2.45) is 0 Å². The molecule has 2 aromatic carbocycles. The molecule has 9 nitrogen and oxygen atoms in total. The normalized spacial score (nSPS) is 13.2. The Balaban J connectivity index is 0.00000139. The molecule has 0 atom stereocenters. The van der Waals surface area contributed by atoms with E-state index in [1.54, 1.807) is 30.3 Å². The lowest BCUT2D eigenvalue weighted by molar-refractivity contribution is -0.274. The number of amides is 1. The van der Waals surface area contributed by atoms with Gasteiger partial charge in [0.25, 0.3) is 5.91 Å². The van der Waals surface area contributed by atoms with E-state index in [0.29, 0.717) is 34.2 Å². The number of benzene rings is 2. The molecule has 1 saturated carbocycles. The van der Waals surface area contributed by atoms with Crippen LogP contribution in [0.1, 0.15) is 49.0 Å². The summed E-state index contributed by atoms with van der Waals surface area (Å²) in [5.41, 5.74) is 1.74. The summed E-state index contributed by atoms with van der Waals surface area (Å²) in [6.45, 7) is 1.25. The smallest absolute Gasteiger partial charge is 0.492 e. The fraction of sp³-hybridized carbons (Fsp3) is 0.387. The maximum Gasteiger partial charge on any atom is 0.573 e. The summed E-state index contributed by atoms with van der Waals surface area (Å²) in [7, 11) is 3.94. The number of aromatic nitrogens is 1. The molecule has 3 aromatic rings. The van der Waals surface area contributed by atoms with Gasteiger partial charge < -0.3 is 29.9 Å². The summed E-state index contributed by atoms with van der Waals surface area (Å²) in [5.74, 6) is -0.324. The van der Waals surface area contributed by atoms with E-state index in [0.717, 1.165) is 51.1 Å². The van der Waals surface area contributed by atoms with E-state index in [2.05, 4.69) is 15.0 Å². The van der Waals surface area contributed by atoms with Crippen molar-refractivity contribution in [2.45, 2.75) is 50.9 Å². The molecule has 46 heavy (non-hydrogen) atoms. The number of rotatable bonds is 10. The van der Waals surface area contributed by atoms with Crippen LogP contribution in [0, 0.1) is 0 Å². The third kappa shape index (κ3) is 12.4. The minimum absolute atomic E-state index is 0. The van der Waals surface area contributed by atoms with Gasteiger partial charge in [-0.05, 0) is 75.8 Å². The molecule has 0 saturated heterocycles. The fourth-order valence-electron chi connectivity index (χ4n) is 4.76. The Morgan fingerprint density at radius 2 is 1.63 bits per heavy atom. The highest BCUT2D eigenvalue weighted by Gasteiger charge is 2.31. The van der Waals surface area contributed by atoms with E-state index >= 15 is 0 Å². The van der Waals surface area contributed by atoms with Crippen molar-refractivity contribution in [1.82, 2.24) is 15.2 Å². The summed E-state index contributed by atoms with van der Waals surface area (Å²) in [6, 6.07) is 12.0. The van der Waals surface area contributed by atoms with Crippen LogP contribution in [0.4, 0.5) is 18.0 Å². The number of carboxylic acid groups (broad SMARTS) is 2. The standard InChI is InChI=1S/C30H32Cl2F3N3O3.CH2O3.ClH/c1-38(2)15-6-16-40-27-17-19(9-12-25(27)32)28-22(23-18-21(10-13-24(23)31)41-30(33,34)35)11-14-26(37-28)29(39)36-20-7-4-3-5-8-20;2-1(3)4;/h9-14,17-18,20H,3-8,15-16H2,1-2H3,(H,36,39);(H2,2,3,4);1H. The molecule has 1 aliphatic rings. The molecule has 1 aliphatic carbocycles. The zero-order valence-corrected chi connectivity index (χ0v) is 27.4. The number of carbonyl (C=O) groups excluding carboxylic acids is 1. The lowest BCUT2D eigenvalue weighted by Gasteiger charge is -2.23. The van der Waals surface area contributed by atoms with Gasteiger partial charge in [-0.3, -0.25) is 4.79 Å². The Morgan fingerprint density at radius 3 is 2.26 bits per heavy atom. The predicted molar refractivity (Wildman–Crippen MR) is 173 cm³/mol. The second-order valence-electron chi connectivity index (χ2n) is 10.5. The summed E-state index contributed by atoms with van der Waals surface area (Å²) in [5, 5.41) is 17.6. The zero-order valence-electron chi connectivity index (χ0n) is 25.1. The van der Waals surface area contributed by atoms with E-state index in [1.165, 1.54) is 12.1 Å². The van der Waals surface area contributed by atoms with Crippen LogP contribution in [0.2, 0.25) is 10.0 Å². The van der Waals surface area contributed by atoms with Crippen molar-refractivity contribution in [3.8, 4) is 33.9 Å². The maximum absolute atomic E-state index is 13.2. The summed E-state index contributed by atoms with van der Waals surface area (Å²) in [6.07, 6.45) is -0.859. The van der Waals surface area contributed by atoms with Crippen LogP contribution in [-0.2, 0) is 0 Å². The molecule has 0 bridgehead atoms. The van der Waals surface area contributed by atoms with Crippen LogP contribution >= 0.6 is 35.6 Å². The first kappa shape index (κ1) is 38.7. The molecule has 0 unspecified atom stereocenters. The van der Waals surface area contributed by atoms with Gasteiger partial charge in [-0.2, -0.15) is 0 Å². The highest BCUT2D eigenvalue weighted by atomic mass is 35.5. The summed E-state index contributed by atoms with van der Waals surface area (Å²) >= 11 is 12.9. The summed E-state index contributed by atoms with van der Waals surface area (Å²) in [4.78, 5) is 28.5. The molecule has 3 N–H and O–H groups in total. The first-order valence-electron chi connectivity index (χ1n) is 14.1. The highest BCUT2D eigenvalue weighted by molar-refractivity contribution is 6.33. The van der Waals surface area contributed by atoms with E-state index in [4.69, 9.17) is 42.9 Å². The van der Waals surface area contributed by atoms with E-state index < -0.39 is 18.3 Å². The van der Waals surface area contributed by atoms with Crippen molar-refractivity contribution in [3.05, 3.63) is 64.3 Å². The zero-order chi connectivity index (χ0) is 33.1. The first-order valence-corrected chi connectivity index (χ1v) is 14.9. The Hall–Kier alpha value is -3.45. The van der Waals surface area contributed by atoms with Gasteiger partial charge in [-0.1, -0.05) is 48.5 Å². The Kier molecular flexibility index (Phi) is 15.2. The second-order valence-corrected chi connectivity index (χ2v) is 11.3. The van der Waals surface area contributed by atoms with Gasteiger partial charge in [0.15, 0.2) is 0 Å². The number of carbonyl (C=O) groups is 2. The molecular weight excluding hydrogens is 674 g/mol.